The van der Waals surface area contributed by atoms with Gasteiger partial charge in [0.2, 0.25) is 5.91 Å². The van der Waals surface area contributed by atoms with Crippen LogP contribution in [0.4, 0.5) is 0 Å². The molecule has 3 nitrogen and oxygen atoms in total. The second-order valence-electron chi connectivity index (χ2n) is 6.73. The molecule has 2 aromatic carbocycles. The number of nitrogens with one attached hydrogen (secondary N) is 1. The van der Waals surface area contributed by atoms with Gasteiger partial charge in [0.15, 0.2) is 5.78 Å². The Morgan fingerprint density at radius 3 is 2.00 bits per heavy atom. The molecule has 0 aliphatic carbocycles. The van der Waals surface area contributed by atoms with Gasteiger partial charge < -0.3 is 5.32 Å². The molecule has 1 N–H and O–H groups in total. The summed E-state index contributed by atoms with van der Waals surface area (Å²) in [5.41, 5.74) is 4.49. The van der Waals surface area contributed by atoms with Crippen molar-refractivity contribution in [1.82, 2.24) is 5.32 Å². The van der Waals surface area contributed by atoms with Crippen molar-refractivity contribution >= 4 is 23.8 Å². The summed E-state index contributed by atoms with van der Waals surface area (Å²) < 4.78 is 0. The van der Waals surface area contributed by atoms with Crippen molar-refractivity contribution in [1.29, 1.82) is 0 Å². The Hall–Kier alpha value is -2.94. The molecular formula is C24H27NO2. The van der Waals surface area contributed by atoms with Crippen LogP contribution in [0.1, 0.15) is 48.4 Å². The summed E-state index contributed by atoms with van der Waals surface area (Å²) in [5.74, 6) is -0.353. The average molecular weight is 361 g/mol. The van der Waals surface area contributed by atoms with Crippen molar-refractivity contribution in [2.75, 3.05) is 0 Å². The Labute approximate surface area is 161 Å². The molecule has 0 unspecified atom stereocenters. The van der Waals surface area contributed by atoms with Gasteiger partial charge >= 0.3 is 0 Å². The van der Waals surface area contributed by atoms with E-state index in [1.54, 1.807) is 12.2 Å². The number of amides is 1. The van der Waals surface area contributed by atoms with Gasteiger partial charge in [0, 0.05) is 12.5 Å². The number of carbonyl (C=O) groups is 2. The molecule has 0 atom stereocenters. The molecule has 0 aliphatic heterocycles. The van der Waals surface area contributed by atoms with Gasteiger partial charge in [-0.15, -0.1) is 0 Å². The summed E-state index contributed by atoms with van der Waals surface area (Å²) in [6.45, 7) is 6.07. The third-order valence-electron chi connectivity index (χ3n) is 4.21. The molecule has 0 saturated carbocycles. The third-order valence-corrected chi connectivity index (χ3v) is 4.21. The minimum atomic E-state index is -0.307. The van der Waals surface area contributed by atoms with Crippen molar-refractivity contribution in [2.24, 2.45) is 0 Å². The van der Waals surface area contributed by atoms with E-state index in [0.717, 1.165) is 29.5 Å². The summed E-state index contributed by atoms with van der Waals surface area (Å²) in [5, 5.41) is 2.76. The number of carbonyl (C=O) groups excluding carboxylic acids is 2. The molecule has 3 heteroatoms. The number of allylic oxidation sites excluding steroid dienone is 1. The predicted octanol–water partition coefficient (Wildman–Crippen LogP) is 5.23. The fourth-order valence-corrected chi connectivity index (χ4v) is 2.51. The number of aryl methyl sites for hydroxylation is 2. The zero-order valence-corrected chi connectivity index (χ0v) is 16.3. The number of hydrogen-bond donors (Lipinski definition) is 1. The Kier molecular flexibility index (Phi) is 7.75. The lowest BCUT2D eigenvalue weighted by molar-refractivity contribution is -0.120. The molecule has 0 heterocycles. The topological polar surface area (TPSA) is 46.2 Å². The van der Waals surface area contributed by atoms with Gasteiger partial charge in [-0.25, -0.2) is 0 Å². The molecule has 27 heavy (non-hydrogen) atoms. The maximum Gasteiger partial charge on any atom is 0.248 e. The van der Waals surface area contributed by atoms with Crippen LogP contribution in [0.2, 0.25) is 0 Å². The number of Topliss-reactive ketones (excluding diaryl/α,β-unsaturated/α-hetero) is 1. The lowest BCUT2D eigenvalue weighted by atomic mass is 10.1. The van der Waals surface area contributed by atoms with Gasteiger partial charge in [0.25, 0.3) is 0 Å². The second-order valence-corrected chi connectivity index (χ2v) is 6.73. The fraction of sp³-hybridized carbons (Fsp3) is 0.250. The van der Waals surface area contributed by atoms with Gasteiger partial charge in [-0.1, -0.05) is 73.0 Å². The Morgan fingerprint density at radius 2 is 1.44 bits per heavy atom. The van der Waals surface area contributed by atoms with E-state index in [1.165, 1.54) is 11.6 Å². The van der Waals surface area contributed by atoms with Crippen LogP contribution in [0.25, 0.3) is 12.2 Å². The molecule has 0 radical (unpaired) electrons. The largest absolute Gasteiger partial charge is 0.319 e. The number of ketones is 1. The molecule has 0 spiro atoms. The third kappa shape index (κ3) is 7.06. The summed E-state index contributed by atoms with van der Waals surface area (Å²) in [6, 6.07) is 15.7. The van der Waals surface area contributed by atoms with Crippen LogP contribution in [-0.4, -0.2) is 11.7 Å². The SMILES string of the molecule is CCCCC(=O)/C(=C/c1ccc(C)cc1)NC(=O)/C=C/c1ccc(C)cc1. The second kappa shape index (κ2) is 10.3. The first-order valence-corrected chi connectivity index (χ1v) is 9.35. The highest BCUT2D eigenvalue weighted by Crippen LogP contribution is 2.11. The normalized spacial score (nSPS) is 11.6. The summed E-state index contributed by atoms with van der Waals surface area (Å²) in [7, 11) is 0. The van der Waals surface area contributed by atoms with Crippen LogP contribution in [0, 0.1) is 13.8 Å². The number of benzene rings is 2. The van der Waals surface area contributed by atoms with Crippen LogP contribution in [-0.2, 0) is 9.59 Å². The van der Waals surface area contributed by atoms with Crippen molar-refractivity contribution in [3.05, 3.63) is 82.6 Å². The van der Waals surface area contributed by atoms with E-state index in [2.05, 4.69) is 5.32 Å². The van der Waals surface area contributed by atoms with E-state index < -0.39 is 0 Å². The molecular weight excluding hydrogens is 334 g/mol. The Bertz CT molecular complexity index is 828. The van der Waals surface area contributed by atoms with E-state index in [-0.39, 0.29) is 11.7 Å². The zero-order chi connectivity index (χ0) is 19.6. The van der Waals surface area contributed by atoms with Crippen LogP contribution < -0.4 is 5.32 Å². The van der Waals surface area contributed by atoms with Crippen LogP contribution in [0.5, 0.6) is 0 Å². The Morgan fingerprint density at radius 1 is 0.889 bits per heavy atom. The number of rotatable bonds is 8. The predicted molar refractivity (Wildman–Crippen MR) is 112 cm³/mol. The first kappa shape index (κ1) is 20.4. The fourth-order valence-electron chi connectivity index (χ4n) is 2.51. The number of hydrogen-bond acceptors (Lipinski definition) is 2. The van der Waals surface area contributed by atoms with Crippen molar-refractivity contribution in [3.8, 4) is 0 Å². The van der Waals surface area contributed by atoms with Crippen LogP contribution >= 0.6 is 0 Å². The standard InChI is InChI=1S/C24H27NO2/c1-4-5-6-23(26)22(17-21-13-9-19(3)10-14-21)25-24(27)16-15-20-11-7-18(2)8-12-20/h7-17H,4-6H2,1-3H3,(H,25,27)/b16-15+,22-17-. The highest BCUT2D eigenvalue weighted by molar-refractivity contribution is 6.05. The zero-order valence-electron chi connectivity index (χ0n) is 16.3. The number of unbranched alkanes of at least 4 members (excludes halogenated alkanes) is 1. The molecule has 0 aromatic heterocycles. The molecule has 0 bridgehead atoms. The van der Waals surface area contributed by atoms with Crippen molar-refractivity contribution in [3.63, 3.8) is 0 Å². The van der Waals surface area contributed by atoms with Crippen LogP contribution in [0.3, 0.4) is 0 Å². The summed E-state index contributed by atoms with van der Waals surface area (Å²) >= 11 is 0. The monoisotopic (exact) mass is 361 g/mol. The minimum Gasteiger partial charge on any atom is -0.319 e. The average Bonchev–Trinajstić information content (AvgIpc) is 2.66. The highest BCUT2D eigenvalue weighted by Gasteiger charge is 2.11. The molecule has 2 aromatic rings. The van der Waals surface area contributed by atoms with E-state index >= 15 is 0 Å². The molecule has 140 valence electrons. The van der Waals surface area contributed by atoms with Gasteiger partial charge in [-0.2, -0.15) is 0 Å². The lowest BCUT2D eigenvalue weighted by Gasteiger charge is -2.08. The first-order valence-electron chi connectivity index (χ1n) is 9.35. The van der Waals surface area contributed by atoms with E-state index in [9.17, 15) is 9.59 Å². The molecule has 1 amide bonds. The van der Waals surface area contributed by atoms with Crippen molar-refractivity contribution in [2.45, 2.75) is 40.0 Å². The van der Waals surface area contributed by atoms with E-state index in [4.69, 9.17) is 0 Å². The smallest absolute Gasteiger partial charge is 0.248 e. The molecule has 0 fully saturated rings. The highest BCUT2D eigenvalue weighted by atomic mass is 16.2. The molecule has 2 rings (SSSR count). The maximum absolute atomic E-state index is 12.5. The molecule has 0 saturated heterocycles. The first-order chi connectivity index (χ1) is 13.0. The maximum atomic E-state index is 12.5. The quantitative estimate of drug-likeness (QED) is 0.654. The van der Waals surface area contributed by atoms with Gasteiger partial charge in [0.1, 0.15) is 0 Å². The molecule has 0 aliphatic rings. The van der Waals surface area contributed by atoms with Crippen molar-refractivity contribution < 1.29 is 9.59 Å². The van der Waals surface area contributed by atoms with E-state index in [1.807, 2.05) is 69.3 Å². The van der Waals surface area contributed by atoms with E-state index in [0.29, 0.717) is 12.1 Å². The summed E-state index contributed by atoms with van der Waals surface area (Å²) in [6.07, 6.45) is 7.12. The van der Waals surface area contributed by atoms with Gasteiger partial charge in [0.05, 0.1) is 5.70 Å². The van der Waals surface area contributed by atoms with Gasteiger partial charge in [-0.05, 0) is 43.5 Å². The van der Waals surface area contributed by atoms with Crippen LogP contribution in [0.15, 0.2) is 60.3 Å². The Balaban J connectivity index is 2.14. The summed E-state index contributed by atoms with van der Waals surface area (Å²) in [4.78, 5) is 24.8. The lowest BCUT2D eigenvalue weighted by Crippen LogP contribution is -2.25. The minimum absolute atomic E-state index is 0.0467. The van der Waals surface area contributed by atoms with Gasteiger partial charge in [-0.3, -0.25) is 9.59 Å².